The fourth-order valence-electron chi connectivity index (χ4n) is 4.82. The van der Waals surface area contributed by atoms with Crippen LogP contribution in [0.25, 0.3) is 0 Å². The molecular formula is C33H32F4N2O3. The van der Waals surface area contributed by atoms with Crippen LogP contribution in [0.2, 0.25) is 0 Å². The van der Waals surface area contributed by atoms with Crippen LogP contribution in [0.3, 0.4) is 0 Å². The number of amides is 1. The van der Waals surface area contributed by atoms with E-state index in [9.17, 15) is 22.4 Å². The number of halogens is 4. The molecule has 0 fully saturated rings. The van der Waals surface area contributed by atoms with Gasteiger partial charge >= 0.3 is 6.18 Å². The van der Waals surface area contributed by atoms with E-state index in [1.165, 1.54) is 19.2 Å². The van der Waals surface area contributed by atoms with Gasteiger partial charge in [-0.3, -0.25) is 9.69 Å². The lowest BCUT2D eigenvalue weighted by Gasteiger charge is -2.29. The van der Waals surface area contributed by atoms with Crippen molar-refractivity contribution in [1.29, 1.82) is 0 Å². The molecule has 0 saturated carbocycles. The van der Waals surface area contributed by atoms with Gasteiger partial charge in [0.2, 0.25) is 5.91 Å². The van der Waals surface area contributed by atoms with Gasteiger partial charge in [-0.15, -0.1) is 0 Å². The third kappa shape index (κ3) is 8.10. The van der Waals surface area contributed by atoms with Crippen LogP contribution >= 0.6 is 0 Å². The fraction of sp³-hybridized carbons (Fsp3) is 0.242. The number of carbonyl (C=O) groups excluding carboxylic acids is 1. The first-order valence-electron chi connectivity index (χ1n) is 13.4. The summed E-state index contributed by atoms with van der Waals surface area (Å²) in [4.78, 5) is 13.5. The van der Waals surface area contributed by atoms with Crippen LogP contribution in [0.1, 0.15) is 45.0 Å². The Balaban J connectivity index is 1.55. The maximum Gasteiger partial charge on any atom is 0.419 e. The number of alkyl halides is 3. The standard InChI is InChI=1S/C33H32F4N2O3/c1-41-31-20-26(32(38)40)14-16-30(31)42-18-8-17-39(21-23-13-15-29(34)28(19-23)33(35,36)37)22-27(24-9-4-2-5-10-24)25-11-6-3-7-12-25/h2-7,9-16,19-20,27H,8,17-18,21-22H2,1H3,(H2,38,40). The summed E-state index contributed by atoms with van der Waals surface area (Å²) < 4.78 is 65.6. The number of nitrogens with two attached hydrogens (primary N) is 1. The molecule has 0 aliphatic rings. The Labute approximate surface area is 242 Å². The zero-order valence-electron chi connectivity index (χ0n) is 23.1. The summed E-state index contributed by atoms with van der Waals surface area (Å²) in [5.41, 5.74) is 6.85. The number of benzene rings is 4. The molecule has 5 nitrogen and oxygen atoms in total. The van der Waals surface area contributed by atoms with E-state index in [4.69, 9.17) is 15.2 Å². The molecule has 0 aliphatic heterocycles. The van der Waals surface area contributed by atoms with Crippen molar-refractivity contribution >= 4 is 5.91 Å². The van der Waals surface area contributed by atoms with Crippen molar-refractivity contribution in [1.82, 2.24) is 4.90 Å². The van der Waals surface area contributed by atoms with Crippen LogP contribution in [0.15, 0.2) is 97.1 Å². The summed E-state index contributed by atoms with van der Waals surface area (Å²) in [7, 11) is 1.46. The van der Waals surface area contributed by atoms with Crippen LogP contribution < -0.4 is 15.2 Å². The fourth-order valence-corrected chi connectivity index (χ4v) is 4.82. The predicted molar refractivity (Wildman–Crippen MR) is 153 cm³/mol. The second kappa shape index (κ2) is 14.0. The maximum absolute atomic E-state index is 14.0. The molecule has 4 rings (SSSR count). The highest BCUT2D eigenvalue weighted by atomic mass is 19.4. The number of rotatable bonds is 13. The molecule has 0 heterocycles. The normalized spacial score (nSPS) is 11.6. The average Bonchev–Trinajstić information content (AvgIpc) is 2.99. The molecule has 0 spiro atoms. The molecule has 4 aromatic carbocycles. The van der Waals surface area contributed by atoms with Gasteiger partial charge in [-0.1, -0.05) is 66.7 Å². The van der Waals surface area contributed by atoms with Crippen molar-refractivity contribution in [2.24, 2.45) is 5.73 Å². The monoisotopic (exact) mass is 580 g/mol. The molecular weight excluding hydrogens is 548 g/mol. The second-order valence-electron chi connectivity index (χ2n) is 9.85. The third-order valence-electron chi connectivity index (χ3n) is 6.91. The van der Waals surface area contributed by atoms with Crippen LogP contribution in [0, 0.1) is 5.82 Å². The summed E-state index contributed by atoms with van der Waals surface area (Å²) in [5, 5.41) is 0. The number of primary amides is 1. The first-order chi connectivity index (χ1) is 20.2. The highest BCUT2D eigenvalue weighted by Gasteiger charge is 2.34. The molecule has 0 bridgehead atoms. The summed E-state index contributed by atoms with van der Waals surface area (Å²) in [6.07, 6.45) is -4.26. The molecule has 0 radical (unpaired) electrons. The summed E-state index contributed by atoms with van der Waals surface area (Å²) in [5.74, 6) is -1.14. The average molecular weight is 581 g/mol. The molecule has 0 atom stereocenters. The van der Waals surface area contributed by atoms with Gasteiger partial charge in [0.05, 0.1) is 19.3 Å². The zero-order chi connectivity index (χ0) is 30.1. The minimum Gasteiger partial charge on any atom is -0.493 e. The first kappa shape index (κ1) is 30.6. The topological polar surface area (TPSA) is 64.8 Å². The predicted octanol–water partition coefficient (Wildman–Crippen LogP) is 7.06. The summed E-state index contributed by atoms with van der Waals surface area (Å²) in [6.45, 7) is 1.44. The largest absolute Gasteiger partial charge is 0.493 e. The number of hydrogen-bond acceptors (Lipinski definition) is 4. The van der Waals surface area contributed by atoms with Gasteiger partial charge in [0.15, 0.2) is 11.5 Å². The molecule has 2 N–H and O–H groups in total. The third-order valence-corrected chi connectivity index (χ3v) is 6.91. The Kier molecular flexibility index (Phi) is 10.2. The van der Waals surface area contributed by atoms with Crippen molar-refractivity contribution in [2.45, 2.75) is 25.1 Å². The molecule has 0 aromatic heterocycles. The number of carbonyl (C=O) groups is 1. The molecule has 4 aromatic rings. The first-order valence-corrected chi connectivity index (χ1v) is 13.4. The maximum atomic E-state index is 14.0. The van der Waals surface area contributed by atoms with Gasteiger partial charge in [-0.25, -0.2) is 4.39 Å². The van der Waals surface area contributed by atoms with Gasteiger partial charge < -0.3 is 15.2 Å². The van der Waals surface area contributed by atoms with Crippen molar-refractivity contribution in [2.75, 3.05) is 26.8 Å². The van der Waals surface area contributed by atoms with Crippen molar-refractivity contribution < 1.29 is 31.8 Å². The lowest BCUT2D eigenvalue weighted by atomic mass is 9.90. The number of methoxy groups -OCH3 is 1. The van der Waals surface area contributed by atoms with Crippen molar-refractivity contribution in [3.8, 4) is 11.5 Å². The Morgan fingerprint density at radius 3 is 2.10 bits per heavy atom. The zero-order valence-corrected chi connectivity index (χ0v) is 23.1. The van der Waals surface area contributed by atoms with E-state index in [2.05, 4.69) is 4.90 Å². The van der Waals surface area contributed by atoms with Gasteiger partial charge in [-0.2, -0.15) is 13.2 Å². The van der Waals surface area contributed by atoms with Gasteiger partial charge in [-0.05, 0) is 53.4 Å². The molecule has 9 heteroatoms. The summed E-state index contributed by atoms with van der Waals surface area (Å²) in [6, 6.07) is 27.6. The highest BCUT2D eigenvalue weighted by Crippen LogP contribution is 2.33. The second-order valence-corrected chi connectivity index (χ2v) is 9.85. The minimum atomic E-state index is -4.79. The van der Waals surface area contributed by atoms with Gasteiger partial charge in [0.1, 0.15) is 5.82 Å². The summed E-state index contributed by atoms with van der Waals surface area (Å²) >= 11 is 0. The molecule has 0 aliphatic carbocycles. The van der Waals surface area contributed by atoms with E-state index in [1.807, 2.05) is 60.7 Å². The Hall–Kier alpha value is -4.37. The van der Waals surface area contributed by atoms with E-state index in [1.54, 1.807) is 12.1 Å². The van der Waals surface area contributed by atoms with Crippen molar-refractivity contribution in [3.63, 3.8) is 0 Å². The quantitative estimate of drug-likeness (QED) is 0.136. The van der Waals surface area contributed by atoms with E-state index < -0.39 is 23.5 Å². The Morgan fingerprint density at radius 2 is 1.52 bits per heavy atom. The van der Waals surface area contributed by atoms with Crippen molar-refractivity contribution in [3.05, 3.63) is 131 Å². The Bertz CT molecular complexity index is 1420. The number of ether oxygens (including phenoxy) is 2. The molecule has 42 heavy (non-hydrogen) atoms. The molecule has 0 saturated heterocycles. The lowest BCUT2D eigenvalue weighted by molar-refractivity contribution is -0.140. The minimum absolute atomic E-state index is 0.0581. The van der Waals surface area contributed by atoms with Gasteiger partial charge in [0.25, 0.3) is 0 Å². The number of nitrogens with zero attached hydrogens (tertiary/aromatic N) is 1. The van der Waals surface area contributed by atoms with E-state index in [0.717, 1.165) is 23.3 Å². The smallest absolute Gasteiger partial charge is 0.419 e. The van der Waals surface area contributed by atoms with Gasteiger partial charge in [0, 0.05) is 31.1 Å². The molecule has 220 valence electrons. The van der Waals surface area contributed by atoms with E-state index in [0.29, 0.717) is 36.6 Å². The van der Waals surface area contributed by atoms with Crippen LogP contribution in [0.4, 0.5) is 17.6 Å². The van der Waals surface area contributed by atoms with Crippen LogP contribution in [0.5, 0.6) is 11.5 Å². The molecule has 0 unspecified atom stereocenters. The lowest BCUT2D eigenvalue weighted by Crippen LogP contribution is -2.31. The van der Waals surface area contributed by atoms with Crippen LogP contribution in [-0.2, 0) is 12.7 Å². The SMILES string of the molecule is COc1cc(C(N)=O)ccc1OCCCN(Cc1ccc(F)c(C(F)(F)F)c1)CC(c1ccccc1)c1ccccc1. The highest BCUT2D eigenvalue weighted by molar-refractivity contribution is 5.93. The van der Waals surface area contributed by atoms with Crippen LogP contribution in [-0.4, -0.2) is 37.6 Å². The van der Waals surface area contributed by atoms with E-state index in [-0.39, 0.29) is 24.6 Å². The van der Waals surface area contributed by atoms with E-state index >= 15 is 0 Å². The molecule has 1 amide bonds. The Morgan fingerprint density at radius 1 is 0.881 bits per heavy atom. The number of hydrogen-bond donors (Lipinski definition) is 1.